The minimum absolute atomic E-state index is 0.117. The zero-order valence-corrected chi connectivity index (χ0v) is 11.6. The van der Waals surface area contributed by atoms with Crippen LogP contribution in [0.15, 0.2) is 18.2 Å². The van der Waals surface area contributed by atoms with Gasteiger partial charge in [-0.15, -0.1) is 0 Å². The summed E-state index contributed by atoms with van der Waals surface area (Å²) >= 11 is 5.49. The van der Waals surface area contributed by atoms with E-state index in [9.17, 15) is 24.5 Å². The van der Waals surface area contributed by atoms with Crippen LogP contribution in [0.4, 0.5) is 4.39 Å². The minimum Gasteiger partial charge on any atom is -0.394 e. The summed E-state index contributed by atoms with van der Waals surface area (Å²) in [7, 11) is 0. The number of carbonyl (C=O) groups excluding carboxylic acids is 1. The Labute approximate surface area is 125 Å². The molecule has 0 heterocycles. The van der Waals surface area contributed by atoms with Crippen LogP contribution >= 0.6 is 11.6 Å². The van der Waals surface area contributed by atoms with Crippen molar-refractivity contribution >= 4 is 17.4 Å². The number of hydrogen-bond acceptors (Lipinski definition) is 6. The fourth-order valence-electron chi connectivity index (χ4n) is 1.67. The first-order chi connectivity index (χ1) is 9.77. The van der Waals surface area contributed by atoms with Crippen molar-refractivity contribution in [3.05, 3.63) is 34.6 Å². The summed E-state index contributed by atoms with van der Waals surface area (Å²) < 4.78 is 13.2. The molecule has 6 nitrogen and oxygen atoms in total. The number of hydrogen-bond donors (Lipinski definition) is 5. The van der Waals surface area contributed by atoms with E-state index in [1.165, 1.54) is 12.1 Å². The molecule has 0 unspecified atom stereocenters. The summed E-state index contributed by atoms with van der Waals surface area (Å²) in [6.45, 7) is -0.846. The van der Waals surface area contributed by atoms with Crippen LogP contribution in [-0.4, -0.2) is 62.3 Å². The SMILES string of the molecule is O=C(Cc1ccc(Cl)c(F)c1)[C@H](O)[C@@H](O)[C@H](O)[C@H](O)CO. The lowest BCUT2D eigenvalue weighted by molar-refractivity contribution is -0.146. The number of aliphatic hydroxyl groups is 5. The van der Waals surface area contributed by atoms with E-state index in [2.05, 4.69) is 0 Å². The van der Waals surface area contributed by atoms with Gasteiger partial charge in [0, 0.05) is 6.42 Å². The van der Waals surface area contributed by atoms with Gasteiger partial charge in [0.15, 0.2) is 5.78 Å². The van der Waals surface area contributed by atoms with Gasteiger partial charge in [0.05, 0.1) is 11.6 Å². The lowest BCUT2D eigenvalue weighted by Crippen LogP contribution is -2.49. The van der Waals surface area contributed by atoms with Crippen LogP contribution in [0.5, 0.6) is 0 Å². The van der Waals surface area contributed by atoms with E-state index in [4.69, 9.17) is 21.8 Å². The summed E-state index contributed by atoms with van der Waals surface area (Å²) in [6, 6.07) is 3.63. The van der Waals surface area contributed by atoms with Crippen LogP contribution in [0, 0.1) is 5.82 Å². The summed E-state index contributed by atoms with van der Waals surface area (Å²) in [4.78, 5) is 11.7. The highest BCUT2D eigenvalue weighted by Crippen LogP contribution is 2.17. The van der Waals surface area contributed by atoms with Crippen LogP contribution in [0.1, 0.15) is 5.56 Å². The Balaban J connectivity index is 2.71. The molecule has 0 aliphatic carbocycles. The molecule has 0 amide bonds. The van der Waals surface area contributed by atoms with Crippen molar-refractivity contribution in [3.63, 3.8) is 0 Å². The molecule has 1 aromatic carbocycles. The van der Waals surface area contributed by atoms with Crippen molar-refractivity contribution in [3.8, 4) is 0 Å². The van der Waals surface area contributed by atoms with Crippen molar-refractivity contribution < 1.29 is 34.7 Å². The molecule has 0 aromatic heterocycles. The van der Waals surface area contributed by atoms with Crippen LogP contribution in [0.25, 0.3) is 0 Å². The molecule has 0 saturated carbocycles. The van der Waals surface area contributed by atoms with E-state index in [0.717, 1.165) is 6.07 Å². The monoisotopic (exact) mass is 322 g/mol. The predicted molar refractivity (Wildman–Crippen MR) is 71.2 cm³/mol. The molecular weight excluding hydrogens is 307 g/mol. The molecule has 8 heteroatoms. The number of halogens is 2. The van der Waals surface area contributed by atoms with Crippen molar-refractivity contribution in [2.75, 3.05) is 6.61 Å². The zero-order valence-electron chi connectivity index (χ0n) is 10.9. The first-order valence-electron chi connectivity index (χ1n) is 6.07. The highest BCUT2D eigenvalue weighted by molar-refractivity contribution is 6.30. The Morgan fingerprint density at radius 1 is 1.19 bits per heavy atom. The van der Waals surface area contributed by atoms with E-state index in [1.807, 2.05) is 0 Å². The van der Waals surface area contributed by atoms with E-state index >= 15 is 0 Å². The van der Waals surface area contributed by atoms with Crippen LogP contribution < -0.4 is 0 Å². The summed E-state index contributed by atoms with van der Waals surface area (Å²) in [5.41, 5.74) is 0.227. The Morgan fingerprint density at radius 3 is 2.33 bits per heavy atom. The maximum atomic E-state index is 13.2. The maximum Gasteiger partial charge on any atom is 0.168 e. The van der Waals surface area contributed by atoms with E-state index in [1.54, 1.807) is 0 Å². The Morgan fingerprint density at radius 2 is 1.81 bits per heavy atom. The number of ketones is 1. The highest BCUT2D eigenvalue weighted by Gasteiger charge is 2.33. The summed E-state index contributed by atoms with van der Waals surface area (Å²) in [6.07, 6.45) is -7.95. The van der Waals surface area contributed by atoms with Gasteiger partial charge in [-0.05, 0) is 17.7 Å². The topological polar surface area (TPSA) is 118 Å². The van der Waals surface area contributed by atoms with Crippen LogP contribution in [0.2, 0.25) is 5.02 Å². The number of aliphatic hydroxyl groups excluding tert-OH is 5. The number of carbonyl (C=O) groups is 1. The lowest BCUT2D eigenvalue weighted by atomic mass is 9.97. The third-order valence-electron chi connectivity index (χ3n) is 2.95. The Bertz CT molecular complexity index is 498. The maximum absolute atomic E-state index is 13.2. The fourth-order valence-corrected chi connectivity index (χ4v) is 1.79. The molecule has 0 fully saturated rings. The molecule has 1 aromatic rings. The van der Waals surface area contributed by atoms with E-state index < -0.39 is 49.0 Å². The first-order valence-corrected chi connectivity index (χ1v) is 6.45. The van der Waals surface area contributed by atoms with Crippen molar-refractivity contribution in [1.29, 1.82) is 0 Å². The molecule has 0 bridgehead atoms. The third-order valence-corrected chi connectivity index (χ3v) is 3.25. The van der Waals surface area contributed by atoms with Gasteiger partial charge >= 0.3 is 0 Å². The average Bonchev–Trinajstić information content (AvgIpc) is 2.47. The molecule has 0 aliphatic heterocycles. The van der Waals surface area contributed by atoms with Crippen molar-refractivity contribution in [2.24, 2.45) is 0 Å². The minimum atomic E-state index is -1.99. The number of rotatable bonds is 7. The zero-order chi connectivity index (χ0) is 16.2. The number of Topliss-reactive ketones (excluding diaryl/α,β-unsaturated/α-hetero) is 1. The van der Waals surface area contributed by atoms with Gasteiger partial charge in [-0.25, -0.2) is 4.39 Å². The van der Waals surface area contributed by atoms with Gasteiger partial charge in [0.25, 0.3) is 0 Å². The fraction of sp³-hybridized carbons (Fsp3) is 0.462. The highest BCUT2D eigenvalue weighted by atomic mass is 35.5. The smallest absolute Gasteiger partial charge is 0.168 e. The molecule has 0 radical (unpaired) electrons. The number of benzene rings is 1. The second kappa shape index (κ2) is 7.79. The van der Waals surface area contributed by atoms with Crippen LogP contribution in [-0.2, 0) is 11.2 Å². The Kier molecular flexibility index (Phi) is 6.66. The molecular formula is C13H16ClFO6. The predicted octanol–water partition coefficient (Wildman–Crippen LogP) is -0.973. The average molecular weight is 323 g/mol. The molecule has 0 spiro atoms. The van der Waals surface area contributed by atoms with Crippen molar-refractivity contribution in [1.82, 2.24) is 0 Å². The normalized spacial score (nSPS) is 17.1. The van der Waals surface area contributed by atoms with Gasteiger partial charge in [-0.1, -0.05) is 17.7 Å². The van der Waals surface area contributed by atoms with Gasteiger partial charge in [0.2, 0.25) is 0 Å². The second-order valence-electron chi connectivity index (χ2n) is 4.57. The standard InChI is InChI=1S/C13H16ClFO6/c14-7-2-1-6(3-8(7)15)4-9(17)11(19)13(21)12(20)10(18)5-16/h1-3,10-13,16,18-21H,4-5H2/t10-,11+,12-,13-/m1/s1. The van der Waals surface area contributed by atoms with E-state index in [-0.39, 0.29) is 10.6 Å². The van der Waals surface area contributed by atoms with Gasteiger partial charge in [-0.3, -0.25) is 4.79 Å². The quantitative estimate of drug-likeness (QED) is 0.441. The molecule has 0 aliphatic rings. The third kappa shape index (κ3) is 4.70. The van der Waals surface area contributed by atoms with Gasteiger partial charge in [0.1, 0.15) is 30.2 Å². The Hall–Kier alpha value is -1.09. The summed E-state index contributed by atoms with van der Waals surface area (Å²) in [5, 5.41) is 46.2. The van der Waals surface area contributed by atoms with Gasteiger partial charge in [-0.2, -0.15) is 0 Å². The lowest BCUT2D eigenvalue weighted by Gasteiger charge is -2.24. The van der Waals surface area contributed by atoms with Crippen molar-refractivity contribution in [2.45, 2.75) is 30.8 Å². The molecule has 1 rings (SSSR count). The largest absolute Gasteiger partial charge is 0.394 e. The van der Waals surface area contributed by atoms with Crippen LogP contribution in [0.3, 0.4) is 0 Å². The van der Waals surface area contributed by atoms with E-state index in [0.29, 0.717) is 0 Å². The molecule has 5 N–H and O–H groups in total. The summed E-state index contributed by atoms with van der Waals surface area (Å²) in [5.74, 6) is -1.61. The van der Waals surface area contributed by atoms with Gasteiger partial charge < -0.3 is 25.5 Å². The first kappa shape index (κ1) is 18.0. The molecule has 4 atom stereocenters. The molecule has 21 heavy (non-hydrogen) atoms. The second-order valence-corrected chi connectivity index (χ2v) is 4.97. The molecule has 118 valence electrons. The molecule has 0 saturated heterocycles.